The summed E-state index contributed by atoms with van der Waals surface area (Å²) >= 11 is 0. The average molecular weight is 313 g/mol. The maximum absolute atomic E-state index is 5.29. The summed E-state index contributed by atoms with van der Waals surface area (Å²) in [4.78, 5) is 8.26. The molecular weight excluding hydrogens is 298 g/mol. The summed E-state index contributed by atoms with van der Waals surface area (Å²) in [5.74, 6) is 0.959. The van der Waals surface area contributed by atoms with Gasteiger partial charge in [-0.15, -0.1) is 10.2 Å². The molecule has 3 rings (SSSR count). The monoisotopic (exact) mass is 313 g/mol. The summed E-state index contributed by atoms with van der Waals surface area (Å²) in [7, 11) is 4.79. The fourth-order valence-corrected chi connectivity index (χ4v) is 2.06. The zero-order valence-electron chi connectivity index (χ0n) is 12.9. The van der Waals surface area contributed by atoms with Crippen molar-refractivity contribution in [1.29, 1.82) is 0 Å². The fourth-order valence-electron chi connectivity index (χ4n) is 2.06. The Morgan fingerprint density at radius 1 is 1.17 bits per heavy atom. The molecule has 0 radical (unpaired) electrons. The third kappa shape index (κ3) is 2.76. The van der Waals surface area contributed by atoms with Crippen LogP contribution in [0.2, 0.25) is 0 Å². The van der Waals surface area contributed by atoms with Gasteiger partial charge in [-0.1, -0.05) is 0 Å². The molecule has 9 heteroatoms. The zero-order valence-corrected chi connectivity index (χ0v) is 12.9. The smallest absolute Gasteiger partial charge is 0.319 e. The first kappa shape index (κ1) is 14.7. The van der Waals surface area contributed by atoms with E-state index >= 15 is 0 Å². The molecule has 0 amide bonds. The molecule has 0 bridgehead atoms. The summed E-state index contributed by atoms with van der Waals surface area (Å²) < 4.78 is 12.0. The lowest BCUT2D eigenvalue weighted by Gasteiger charge is -2.11. The number of nitrogens with one attached hydrogen (secondary N) is 1. The van der Waals surface area contributed by atoms with Crippen molar-refractivity contribution in [2.45, 2.75) is 0 Å². The Kier molecular flexibility index (Phi) is 4.00. The highest BCUT2D eigenvalue weighted by molar-refractivity contribution is 5.69. The van der Waals surface area contributed by atoms with Crippen LogP contribution >= 0.6 is 0 Å². The van der Waals surface area contributed by atoms with Crippen LogP contribution in [0.4, 0.5) is 5.82 Å². The number of aromatic nitrogens is 6. The van der Waals surface area contributed by atoms with E-state index in [9.17, 15) is 0 Å². The van der Waals surface area contributed by atoms with Crippen LogP contribution in [0, 0.1) is 0 Å². The standard InChI is InChI=1S/C14H15N7O2/c1-15-12-11(21-6-4-5-17-21)7-10(19-20-12)9-8-16-14(23-3)18-13(9)22-2/h4-8H,1-3H3,(H,15,20). The first-order valence-electron chi connectivity index (χ1n) is 6.77. The Labute approximate surface area is 132 Å². The summed E-state index contributed by atoms with van der Waals surface area (Å²) in [5, 5.41) is 15.6. The van der Waals surface area contributed by atoms with Crippen LogP contribution in [0.3, 0.4) is 0 Å². The lowest BCUT2D eigenvalue weighted by atomic mass is 10.2. The summed E-state index contributed by atoms with van der Waals surface area (Å²) in [5.41, 5.74) is 1.92. The molecule has 3 aromatic rings. The van der Waals surface area contributed by atoms with Gasteiger partial charge in [0.25, 0.3) is 0 Å². The van der Waals surface area contributed by atoms with Crippen molar-refractivity contribution in [3.63, 3.8) is 0 Å². The average Bonchev–Trinajstić information content (AvgIpc) is 3.15. The van der Waals surface area contributed by atoms with Crippen molar-refractivity contribution in [3.8, 4) is 28.8 Å². The molecule has 23 heavy (non-hydrogen) atoms. The molecule has 9 nitrogen and oxygen atoms in total. The Hall–Kier alpha value is -3.23. The van der Waals surface area contributed by atoms with E-state index in [0.717, 1.165) is 5.69 Å². The van der Waals surface area contributed by atoms with Gasteiger partial charge >= 0.3 is 6.01 Å². The van der Waals surface area contributed by atoms with Crippen molar-refractivity contribution in [2.24, 2.45) is 0 Å². The van der Waals surface area contributed by atoms with E-state index in [4.69, 9.17) is 9.47 Å². The molecule has 0 unspecified atom stereocenters. The Balaban J connectivity index is 2.12. The zero-order chi connectivity index (χ0) is 16.2. The number of nitrogens with zero attached hydrogens (tertiary/aromatic N) is 6. The lowest BCUT2D eigenvalue weighted by molar-refractivity contribution is 0.353. The first-order chi connectivity index (χ1) is 11.3. The van der Waals surface area contributed by atoms with E-state index in [2.05, 4.69) is 30.6 Å². The van der Waals surface area contributed by atoms with Crippen molar-refractivity contribution >= 4 is 5.82 Å². The van der Waals surface area contributed by atoms with Gasteiger partial charge in [0.15, 0.2) is 5.82 Å². The first-order valence-corrected chi connectivity index (χ1v) is 6.77. The van der Waals surface area contributed by atoms with Crippen LogP contribution < -0.4 is 14.8 Å². The van der Waals surface area contributed by atoms with Gasteiger partial charge in [0.05, 0.1) is 19.8 Å². The van der Waals surface area contributed by atoms with Crippen LogP contribution in [0.25, 0.3) is 16.9 Å². The number of hydrogen-bond acceptors (Lipinski definition) is 8. The van der Waals surface area contributed by atoms with Crippen LogP contribution in [-0.4, -0.2) is 51.2 Å². The normalized spacial score (nSPS) is 10.4. The van der Waals surface area contributed by atoms with E-state index in [0.29, 0.717) is 23.0 Å². The predicted molar refractivity (Wildman–Crippen MR) is 82.8 cm³/mol. The molecule has 0 aliphatic rings. The second-order valence-electron chi connectivity index (χ2n) is 4.44. The van der Waals surface area contributed by atoms with Gasteiger partial charge in [0.2, 0.25) is 5.88 Å². The molecule has 0 atom stereocenters. The highest BCUT2D eigenvalue weighted by Gasteiger charge is 2.15. The minimum Gasteiger partial charge on any atom is -0.480 e. The molecule has 0 aliphatic carbocycles. The SMILES string of the molecule is CNc1nnc(-c2cnc(OC)nc2OC)cc1-n1cccn1. The molecule has 118 valence electrons. The number of methoxy groups -OCH3 is 2. The van der Waals surface area contributed by atoms with Gasteiger partial charge in [-0.3, -0.25) is 0 Å². The van der Waals surface area contributed by atoms with Crippen molar-refractivity contribution in [3.05, 3.63) is 30.7 Å². The molecule has 0 saturated carbocycles. The summed E-state index contributed by atoms with van der Waals surface area (Å²) in [6.45, 7) is 0. The number of ether oxygens (including phenoxy) is 2. The van der Waals surface area contributed by atoms with Crippen LogP contribution in [0.5, 0.6) is 11.9 Å². The van der Waals surface area contributed by atoms with Gasteiger partial charge in [0, 0.05) is 25.6 Å². The molecule has 0 aliphatic heterocycles. The Bertz CT molecular complexity index is 805. The predicted octanol–water partition coefficient (Wildman–Crippen LogP) is 1.18. The third-order valence-electron chi connectivity index (χ3n) is 3.15. The van der Waals surface area contributed by atoms with Crippen molar-refractivity contribution < 1.29 is 9.47 Å². The van der Waals surface area contributed by atoms with E-state index in [1.165, 1.54) is 14.2 Å². The maximum Gasteiger partial charge on any atom is 0.319 e. The Morgan fingerprint density at radius 2 is 2.04 bits per heavy atom. The lowest BCUT2D eigenvalue weighted by Crippen LogP contribution is -2.06. The number of hydrogen-bond donors (Lipinski definition) is 1. The highest BCUT2D eigenvalue weighted by Crippen LogP contribution is 2.29. The molecule has 0 saturated heterocycles. The second-order valence-corrected chi connectivity index (χ2v) is 4.44. The van der Waals surface area contributed by atoms with Gasteiger partial charge in [0.1, 0.15) is 11.4 Å². The van der Waals surface area contributed by atoms with E-state index in [1.807, 2.05) is 18.3 Å². The summed E-state index contributed by atoms with van der Waals surface area (Å²) in [6, 6.07) is 3.88. The van der Waals surface area contributed by atoms with Gasteiger partial charge < -0.3 is 14.8 Å². The molecule has 0 fully saturated rings. The fraction of sp³-hybridized carbons (Fsp3) is 0.214. The van der Waals surface area contributed by atoms with Crippen LogP contribution in [0.1, 0.15) is 0 Å². The van der Waals surface area contributed by atoms with E-state index in [1.54, 1.807) is 24.1 Å². The van der Waals surface area contributed by atoms with E-state index < -0.39 is 0 Å². The maximum atomic E-state index is 5.29. The molecule has 3 heterocycles. The number of rotatable bonds is 5. The largest absolute Gasteiger partial charge is 0.480 e. The molecule has 0 aromatic carbocycles. The van der Waals surface area contributed by atoms with Crippen LogP contribution in [0.15, 0.2) is 30.7 Å². The molecule has 3 aromatic heterocycles. The molecule has 1 N–H and O–H groups in total. The highest BCUT2D eigenvalue weighted by atomic mass is 16.5. The van der Waals surface area contributed by atoms with Crippen molar-refractivity contribution in [1.82, 2.24) is 29.9 Å². The minimum absolute atomic E-state index is 0.220. The number of anilines is 1. The Morgan fingerprint density at radius 3 is 2.70 bits per heavy atom. The van der Waals surface area contributed by atoms with Crippen molar-refractivity contribution in [2.75, 3.05) is 26.6 Å². The van der Waals surface area contributed by atoms with Gasteiger partial charge in [-0.2, -0.15) is 10.1 Å². The third-order valence-corrected chi connectivity index (χ3v) is 3.15. The minimum atomic E-state index is 0.220. The van der Waals surface area contributed by atoms with Gasteiger partial charge in [-0.25, -0.2) is 9.67 Å². The van der Waals surface area contributed by atoms with E-state index in [-0.39, 0.29) is 6.01 Å². The van der Waals surface area contributed by atoms with Gasteiger partial charge in [-0.05, 0) is 12.1 Å². The molecular formula is C14H15N7O2. The van der Waals surface area contributed by atoms with Crippen LogP contribution in [-0.2, 0) is 0 Å². The summed E-state index contributed by atoms with van der Waals surface area (Å²) in [6.07, 6.45) is 5.10. The quantitative estimate of drug-likeness (QED) is 0.749. The molecule has 0 spiro atoms. The topological polar surface area (TPSA) is 99.9 Å². The second kappa shape index (κ2) is 6.26.